The van der Waals surface area contributed by atoms with Crippen molar-refractivity contribution in [3.8, 4) is 0 Å². The second-order valence-electron chi connectivity index (χ2n) is 13.0. The van der Waals surface area contributed by atoms with Gasteiger partial charge in [0.1, 0.15) is 12.6 Å². The third kappa shape index (κ3) is 30.6. The zero-order chi connectivity index (χ0) is 36.4. The minimum atomic E-state index is -1.14. The van der Waals surface area contributed by atoms with Crippen LogP contribution >= 0.6 is 0 Å². The summed E-state index contributed by atoms with van der Waals surface area (Å²) >= 11 is 0. The summed E-state index contributed by atoms with van der Waals surface area (Å²) in [6.07, 6.45) is 38.0. The zero-order valence-electron chi connectivity index (χ0n) is 31.3. The van der Waals surface area contributed by atoms with E-state index in [2.05, 4.69) is 86.8 Å². The van der Waals surface area contributed by atoms with Crippen LogP contribution in [0, 0.1) is 0 Å². The normalized spacial score (nSPS) is 13.9. The molecule has 0 aromatic carbocycles. The van der Waals surface area contributed by atoms with E-state index in [4.69, 9.17) is 14.2 Å². The summed E-state index contributed by atoms with van der Waals surface area (Å²) in [5.74, 6) is -1.84. The van der Waals surface area contributed by atoms with Crippen LogP contribution in [0.4, 0.5) is 0 Å². The first-order valence-corrected chi connectivity index (χ1v) is 18.5. The molecular formula is C41H67NO7. The van der Waals surface area contributed by atoms with Crippen molar-refractivity contribution >= 4 is 17.9 Å². The highest BCUT2D eigenvalue weighted by atomic mass is 16.6. The van der Waals surface area contributed by atoms with Gasteiger partial charge in [0.25, 0.3) is 0 Å². The van der Waals surface area contributed by atoms with Gasteiger partial charge in [-0.2, -0.15) is 0 Å². The number of hydrogen-bond acceptors (Lipinski definition) is 7. The van der Waals surface area contributed by atoms with Crippen molar-refractivity contribution < 1.29 is 38.2 Å². The van der Waals surface area contributed by atoms with Crippen molar-refractivity contribution in [2.45, 2.75) is 129 Å². The molecule has 8 heteroatoms. The largest absolute Gasteiger partial charge is 0.544 e. The van der Waals surface area contributed by atoms with Gasteiger partial charge in [0, 0.05) is 19.3 Å². The van der Waals surface area contributed by atoms with Crippen LogP contribution in [0.1, 0.15) is 117 Å². The highest BCUT2D eigenvalue weighted by Crippen LogP contribution is 2.11. The lowest BCUT2D eigenvalue weighted by Crippen LogP contribution is -2.55. The van der Waals surface area contributed by atoms with Gasteiger partial charge in [0.15, 0.2) is 6.10 Å². The summed E-state index contributed by atoms with van der Waals surface area (Å²) < 4.78 is 17.0. The molecule has 0 aliphatic rings. The SMILES string of the molecule is CC/C=C/C/C=C/C/C=C/C/C=C/CCCCCC(=O)OC(COCCC(C(=O)[O-])[N+](C)(C)C)COC(=O)CCCC/C=C/C/C=C/CC. The summed E-state index contributed by atoms with van der Waals surface area (Å²) in [4.78, 5) is 36.5. The highest BCUT2D eigenvalue weighted by molar-refractivity contribution is 5.70. The van der Waals surface area contributed by atoms with E-state index in [1.54, 1.807) is 21.1 Å². The predicted molar refractivity (Wildman–Crippen MR) is 199 cm³/mol. The van der Waals surface area contributed by atoms with Gasteiger partial charge < -0.3 is 28.6 Å². The number of nitrogens with zero attached hydrogens (tertiary/aromatic N) is 1. The molecular weight excluding hydrogens is 618 g/mol. The van der Waals surface area contributed by atoms with Crippen molar-refractivity contribution in [1.29, 1.82) is 0 Å². The van der Waals surface area contributed by atoms with E-state index in [1.165, 1.54) is 0 Å². The molecule has 0 aliphatic carbocycles. The molecule has 0 saturated heterocycles. The van der Waals surface area contributed by atoms with Crippen molar-refractivity contribution in [3.05, 3.63) is 72.9 Å². The summed E-state index contributed by atoms with van der Waals surface area (Å²) in [5, 5.41) is 11.6. The molecule has 0 aromatic heterocycles. The average Bonchev–Trinajstić information content (AvgIpc) is 3.05. The Kier molecular flexibility index (Phi) is 29.9. The fraction of sp³-hybridized carbons (Fsp3) is 0.634. The molecule has 0 heterocycles. The van der Waals surface area contributed by atoms with Gasteiger partial charge in [-0.05, 0) is 77.0 Å². The Hall–Kier alpha value is -3.23. The number of rotatable bonds is 31. The standard InChI is InChI=1S/C41H67NO7/c1-6-8-10-12-14-16-17-18-19-20-21-22-24-26-28-30-32-40(44)49-37(35-47-34-33-38(41(45)46)42(3,4)5)36-48-39(43)31-29-27-25-23-15-13-11-9-7-2/h8-11,14-16,18-19,21-23,37-38H,6-7,12-13,17,20,24-36H2,1-5H3/b10-8+,11-9+,16-14+,19-18+,22-21+,23-15+. The number of hydrogen-bond donors (Lipinski definition) is 0. The molecule has 0 aromatic rings. The highest BCUT2D eigenvalue weighted by Gasteiger charge is 2.25. The molecule has 0 radical (unpaired) electrons. The van der Waals surface area contributed by atoms with E-state index >= 15 is 0 Å². The number of esters is 2. The van der Waals surface area contributed by atoms with Crippen molar-refractivity contribution in [2.75, 3.05) is 41.0 Å². The molecule has 0 bridgehead atoms. The topological polar surface area (TPSA) is 102 Å². The smallest absolute Gasteiger partial charge is 0.306 e. The van der Waals surface area contributed by atoms with Crippen molar-refractivity contribution in [2.24, 2.45) is 0 Å². The second kappa shape index (κ2) is 32.0. The first kappa shape index (κ1) is 45.8. The molecule has 278 valence electrons. The Bertz CT molecular complexity index is 1030. The van der Waals surface area contributed by atoms with Crippen LogP contribution in [0.3, 0.4) is 0 Å². The van der Waals surface area contributed by atoms with E-state index < -0.39 is 18.1 Å². The van der Waals surface area contributed by atoms with Gasteiger partial charge in [-0.3, -0.25) is 9.59 Å². The Morgan fingerprint density at radius 2 is 1.08 bits per heavy atom. The molecule has 0 rings (SSSR count). The molecule has 8 nitrogen and oxygen atoms in total. The number of carboxylic acid groups (broad SMARTS) is 1. The number of likely N-dealkylation sites (N-methyl/N-ethyl adjacent to an activating group) is 1. The average molecular weight is 686 g/mol. The third-order valence-corrected chi connectivity index (χ3v) is 7.59. The lowest BCUT2D eigenvalue weighted by Gasteiger charge is -2.34. The van der Waals surface area contributed by atoms with Gasteiger partial charge in [0.2, 0.25) is 0 Å². The fourth-order valence-electron chi connectivity index (χ4n) is 4.74. The number of unbranched alkanes of at least 4 members (excludes halogenated alkanes) is 5. The molecule has 0 spiro atoms. The molecule has 2 atom stereocenters. The van der Waals surface area contributed by atoms with E-state index in [1.807, 2.05) is 0 Å². The van der Waals surface area contributed by atoms with Crippen LogP contribution in [-0.4, -0.2) is 75.5 Å². The minimum Gasteiger partial charge on any atom is -0.544 e. The third-order valence-electron chi connectivity index (χ3n) is 7.59. The first-order chi connectivity index (χ1) is 23.6. The number of allylic oxidation sites excluding steroid dienone is 12. The number of aliphatic carboxylic acids is 1. The monoisotopic (exact) mass is 685 g/mol. The number of carbonyl (C=O) groups excluding carboxylic acids is 3. The molecule has 49 heavy (non-hydrogen) atoms. The number of carboxylic acids is 1. The maximum absolute atomic E-state index is 12.6. The van der Waals surface area contributed by atoms with E-state index in [0.717, 1.165) is 70.6 Å². The summed E-state index contributed by atoms with van der Waals surface area (Å²) in [6.45, 7) is 4.31. The molecule has 2 unspecified atom stereocenters. The van der Waals surface area contributed by atoms with Gasteiger partial charge in [0.05, 0.1) is 40.3 Å². The summed E-state index contributed by atoms with van der Waals surface area (Å²) in [7, 11) is 5.36. The summed E-state index contributed by atoms with van der Waals surface area (Å²) in [6, 6.07) is -0.738. The minimum absolute atomic E-state index is 0.0129. The Balaban J connectivity index is 4.53. The summed E-state index contributed by atoms with van der Waals surface area (Å²) in [5.41, 5.74) is 0. The van der Waals surface area contributed by atoms with Gasteiger partial charge in [-0.25, -0.2) is 0 Å². The van der Waals surface area contributed by atoms with Gasteiger partial charge in [-0.1, -0.05) is 93.2 Å². The zero-order valence-corrected chi connectivity index (χ0v) is 31.3. The number of quaternary nitrogens is 1. The van der Waals surface area contributed by atoms with E-state index in [-0.39, 0.29) is 49.1 Å². The molecule has 0 aliphatic heterocycles. The van der Waals surface area contributed by atoms with Crippen LogP contribution in [0.15, 0.2) is 72.9 Å². The fourth-order valence-corrected chi connectivity index (χ4v) is 4.74. The number of carbonyl (C=O) groups is 3. The first-order valence-electron chi connectivity index (χ1n) is 18.5. The molecule has 0 amide bonds. The van der Waals surface area contributed by atoms with Crippen molar-refractivity contribution in [1.82, 2.24) is 0 Å². The maximum Gasteiger partial charge on any atom is 0.306 e. The van der Waals surface area contributed by atoms with Crippen LogP contribution in [0.2, 0.25) is 0 Å². The Labute approximate surface area is 298 Å². The van der Waals surface area contributed by atoms with Crippen LogP contribution in [-0.2, 0) is 28.6 Å². The Morgan fingerprint density at radius 1 is 0.612 bits per heavy atom. The lowest BCUT2D eigenvalue weighted by molar-refractivity contribution is -0.889. The van der Waals surface area contributed by atoms with Crippen molar-refractivity contribution in [3.63, 3.8) is 0 Å². The quantitative estimate of drug-likeness (QED) is 0.0316. The second-order valence-corrected chi connectivity index (χ2v) is 13.0. The van der Waals surface area contributed by atoms with E-state index in [0.29, 0.717) is 19.3 Å². The Morgan fingerprint density at radius 3 is 1.59 bits per heavy atom. The lowest BCUT2D eigenvalue weighted by atomic mass is 10.1. The van der Waals surface area contributed by atoms with Crippen LogP contribution in [0.5, 0.6) is 0 Å². The maximum atomic E-state index is 12.6. The van der Waals surface area contributed by atoms with Crippen LogP contribution < -0.4 is 5.11 Å². The molecule has 0 saturated carbocycles. The van der Waals surface area contributed by atoms with Gasteiger partial charge in [-0.15, -0.1) is 0 Å². The predicted octanol–water partition coefficient (Wildman–Crippen LogP) is 7.90. The van der Waals surface area contributed by atoms with Gasteiger partial charge >= 0.3 is 11.9 Å². The molecule has 0 fully saturated rings. The molecule has 0 N–H and O–H groups in total. The van der Waals surface area contributed by atoms with Crippen LogP contribution in [0.25, 0.3) is 0 Å². The number of ether oxygens (including phenoxy) is 3. The van der Waals surface area contributed by atoms with E-state index in [9.17, 15) is 19.5 Å².